The Bertz CT molecular complexity index is 1710. The van der Waals surface area contributed by atoms with Crippen LogP contribution in [0.3, 0.4) is 0 Å². The van der Waals surface area contributed by atoms with Crippen molar-refractivity contribution in [1.82, 2.24) is 15.6 Å². The fourth-order valence-corrected chi connectivity index (χ4v) is 5.60. The van der Waals surface area contributed by atoms with Crippen LogP contribution in [0.2, 0.25) is 0 Å². The number of aromatic amines is 1. The third-order valence-corrected chi connectivity index (χ3v) is 7.81. The lowest BCUT2D eigenvalue weighted by molar-refractivity contribution is -0.124. The highest BCUT2D eigenvalue weighted by Gasteiger charge is 2.56. The van der Waals surface area contributed by atoms with E-state index >= 15 is 0 Å². The monoisotopic (exact) mass is 543 g/mol. The molecule has 10 nitrogen and oxygen atoms in total. The quantitative estimate of drug-likeness (QED) is 0.180. The molecule has 0 saturated carbocycles. The average molecular weight is 544 g/mol. The van der Waals surface area contributed by atoms with Crippen molar-refractivity contribution >= 4 is 34.2 Å². The van der Waals surface area contributed by atoms with E-state index in [4.69, 9.17) is 4.74 Å². The number of phenolic OH excluding ortho intramolecular Hbond substituents is 2. The van der Waals surface area contributed by atoms with E-state index in [1.54, 1.807) is 0 Å². The van der Waals surface area contributed by atoms with Crippen LogP contribution in [0.25, 0.3) is 10.9 Å². The summed E-state index contributed by atoms with van der Waals surface area (Å²) in [5.41, 5.74) is -0.0473. The molecule has 1 aromatic heterocycles. The number of phenols is 2. The molecule has 40 heavy (non-hydrogen) atoms. The number of hydrogen-bond acceptors (Lipinski definition) is 8. The number of aromatic hydroxyl groups is 2. The molecular weight excluding hydrogens is 514 g/mol. The van der Waals surface area contributed by atoms with E-state index in [0.29, 0.717) is 0 Å². The Kier molecular flexibility index (Phi) is 6.29. The van der Waals surface area contributed by atoms with Gasteiger partial charge in [0.1, 0.15) is 40.0 Å². The van der Waals surface area contributed by atoms with E-state index in [9.17, 15) is 29.4 Å². The van der Waals surface area contributed by atoms with Gasteiger partial charge in [-0.25, -0.2) is 0 Å². The van der Waals surface area contributed by atoms with Crippen LogP contribution in [-0.4, -0.2) is 51.5 Å². The number of benzene rings is 2. The lowest BCUT2D eigenvalue weighted by Crippen LogP contribution is -2.46. The molecule has 0 unspecified atom stereocenters. The molecule has 1 amide bonds. The van der Waals surface area contributed by atoms with Crippen LogP contribution in [0.4, 0.5) is 0 Å². The molecule has 0 saturated heterocycles. The maximum absolute atomic E-state index is 14.1. The first-order chi connectivity index (χ1) is 18.9. The zero-order valence-corrected chi connectivity index (χ0v) is 22.7. The van der Waals surface area contributed by atoms with E-state index in [2.05, 4.69) is 15.6 Å². The van der Waals surface area contributed by atoms with Gasteiger partial charge in [-0.2, -0.15) is 0 Å². The summed E-state index contributed by atoms with van der Waals surface area (Å²) in [5.74, 6) is -3.26. The third-order valence-electron chi connectivity index (χ3n) is 7.81. The van der Waals surface area contributed by atoms with Crippen molar-refractivity contribution in [3.63, 3.8) is 0 Å². The summed E-state index contributed by atoms with van der Waals surface area (Å²) in [5, 5.41) is 28.2. The lowest BCUT2D eigenvalue weighted by Gasteiger charge is -2.29. The topological polar surface area (TPSA) is 158 Å². The highest BCUT2D eigenvalue weighted by Crippen LogP contribution is 2.57. The number of H-pyrrole nitrogens is 1. The molecule has 1 aliphatic heterocycles. The van der Waals surface area contributed by atoms with Crippen LogP contribution in [0, 0.1) is 6.92 Å². The SMILES string of the molecule is CNC(=O)[C@@H](Cc1c[nH]c2ccccc12)NC(C)=C1C(=O)C=C2Oc3c(C(C)=O)c(O)c(C)c(O)c3[C@@]2(C)C1=O. The molecule has 2 aromatic carbocycles. The number of carbonyl (C=O) groups is 4. The van der Waals surface area contributed by atoms with Gasteiger partial charge in [-0.1, -0.05) is 18.2 Å². The molecule has 0 bridgehead atoms. The first-order valence-electron chi connectivity index (χ1n) is 12.7. The van der Waals surface area contributed by atoms with Crippen molar-refractivity contribution in [1.29, 1.82) is 0 Å². The summed E-state index contributed by atoms with van der Waals surface area (Å²) in [6, 6.07) is 6.84. The van der Waals surface area contributed by atoms with E-state index in [1.807, 2.05) is 30.5 Å². The minimum atomic E-state index is -1.65. The Hall–Kier alpha value is -4.86. The molecule has 5 rings (SSSR count). The van der Waals surface area contributed by atoms with Crippen molar-refractivity contribution in [2.45, 2.75) is 45.6 Å². The van der Waals surface area contributed by atoms with Crippen LogP contribution >= 0.6 is 0 Å². The number of likely N-dealkylation sites (N-methyl/N-ethyl adjacent to an activating group) is 1. The van der Waals surface area contributed by atoms with Crippen LogP contribution in [-0.2, 0) is 26.2 Å². The molecule has 5 N–H and O–H groups in total. The Labute approximate surface area is 229 Å². The maximum Gasteiger partial charge on any atom is 0.242 e. The molecule has 0 radical (unpaired) electrons. The molecule has 206 valence electrons. The fourth-order valence-electron chi connectivity index (χ4n) is 5.60. The van der Waals surface area contributed by atoms with Gasteiger partial charge in [0, 0.05) is 47.9 Å². The van der Waals surface area contributed by atoms with Gasteiger partial charge in [0.25, 0.3) is 0 Å². The molecule has 10 heteroatoms. The number of aromatic nitrogens is 1. The average Bonchev–Trinajstić information content (AvgIpc) is 3.45. The number of ketones is 3. The minimum Gasteiger partial charge on any atom is -0.507 e. The normalized spacial score (nSPS) is 19.9. The molecule has 0 spiro atoms. The predicted octanol–water partition coefficient (Wildman–Crippen LogP) is 3.00. The first kappa shape index (κ1) is 26.7. The van der Waals surface area contributed by atoms with Crippen molar-refractivity contribution in [3.05, 3.63) is 75.8 Å². The molecule has 2 aliphatic rings. The Morgan fingerprint density at radius 1 is 1.12 bits per heavy atom. The predicted molar refractivity (Wildman–Crippen MR) is 146 cm³/mol. The highest BCUT2D eigenvalue weighted by atomic mass is 16.5. The Morgan fingerprint density at radius 3 is 2.50 bits per heavy atom. The van der Waals surface area contributed by atoms with Gasteiger partial charge in [0.05, 0.1) is 11.1 Å². The molecular formula is C30H29N3O7. The molecule has 2 heterocycles. The number of ether oxygens (including phenoxy) is 1. The van der Waals surface area contributed by atoms with E-state index in [0.717, 1.165) is 22.5 Å². The van der Waals surface area contributed by atoms with Gasteiger partial charge in [0.15, 0.2) is 17.3 Å². The van der Waals surface area contributed by atoms with E-state index in [1.165, 1.54) is 34.7 Å². The summed E-state index contributed by atoms with van der Waals surface area (Å²) in [6.07, 6.45) is 3.23. The van der Waals surface area contributed by atoms with Crippen LogP contribution < -0.4 is 15.4 Å². The Balaban J connectivity index is 1.58. The third kappa shape index (κ3) is 3.78. The second-order valence-corrected chi connectivity index (χ2v) is 10.3. The summed E-state index contributed by atoms with van der Waals surface area (Å²) < 4.78 is 5.81. The van der Waals surface area contributed by atoms with Gasteiger partial charge in [-0.05, 0) is 39.3 Å². The van der Waals surface area contributed by atoms with Gasteiger partial charge < -0.3 is 30.6 Å². The largest absolute Gasteiger partial charge is 0.507 e. The number of carbonyl (C=O) groups excluding carboxylic acids is 4. The minimum absolute atomic E-state index is 0.00342. The van der Waals surface area contributed by atoms with Crippen molar-refractivity contribution in [2.75, 3.05) is 7.05 Å². The second-order valence-electron chi connectivity index (χ2n) is 10.3. The number of amides is 1. The van der Waals surface area contributed by atoms with Crippen LogP contribution in [0.5, 0.6) is 17.2 Å². The highest BCUT2D eigenvalue weighted by molar-refractivity contribution is 6.31. The number of nitrogens with one attached hydrogen (secondary N) is 3. The van der Waals surface area contributed by atoms with Gasteiger partial charge in [-0.15, -0.1) is 0 Å². The number of rotatable bonds is 6. The van der Waals surface area contributed by atoms with E-state index < -0.39 is 40.3 Å². The second kappa shape index (κ2) is 9.41. The number of Topliss-reactive ketones (excluding diaryl/α,β-unsaturated/α-hetero) is 2. The van der Waals surface area contributed by atoms with Crippen LogP contribution in [0.15, 0.2) is 53.6 Å². The van der Waals surface area contributed by atoms with E-state index in [-0.39, 0.29) is 51.8 Å². The number of allylic oxidation sites excluding steroid dienone is 4. The molecule has 1 aliphatic carbocycles. The number of para-hydroxylation sites is 1. The first-order valence-corrected chi connectivity index (χ1v) is 12.7. The molecule has 2 atom stereocenters. The van der Waals surface area contributed by atoms with Crippen molar-refractivity contribution in [2.24, 2.45) is 0 Å². The number of hydrogen-bond donors (Lipinski definition) is 5. The molecule has 3 aromatic rings. The Morgan fingerprint density at radius 2 is 1.82 bits per heavy atom. The summed E-state index contributed by atoms with van der Waals surface area (Å²) >= 11 is 0. The van der Waals surface area contributed by atoms with Crippen molar-refractivity contribution in [3.8, 4) is 17.2 Å². The maximum atomic E-state index is 14.1. The summed E-state index contributed by atoms with van der Waals surface area (Å²) in [4.78, 5) is 55.8. The van der Waals surface area contributed by atoms with Gasteiger partial charge in [-0.3, -0.25) is 19.2 Å². The zero-order valence-electron chi connectivity index (χ0n) is 22.7. The van der Waals surface area contributed by atoms with Gasteiger partial charge in [0.2, 0.25) is 5.91 Å². The fraction of sp³-hybridized carbons (Fsp3) is 0.267. The molecule has 0 fully saturated rings. The summed E-state index contributed by atoms with van der Waals surface area (Å²) in [7, 11) is 1.50. The smallest absolute Gasteiger partial charge is 0.242 e. The number of fused-ring (bicyclic) bond motifs is 4. The standard InChI is InChI=1S/C30H29N3O7/c1-13-25(36)23(15(3)34)27-24(26(13)37)30(4)21(40-27)11-20(35)22(28(30)38)14(2)33-19(29(39)31-5)10-16-12-32-18-9-7-6-8-17(16)18/h6-9,11-12,19,32-33,36-37H,10H2,1-5H3,(H,31,39)/t19-,30+/m1/s1. The zero-order chi connectivity index (χ0) is 29.1. The van der Waals surface area contributed by atoms with Gasteiger partial charge >= 0.3 is 0 Å². The van der Waals surface area contributed by atoms with Crippen molar-refractivity contribution < 1.29 is 34.1 Å². The lowest BCUT2D eigenvalue weighted by atomic mass is 9.70. The van der Waals surface area contributed by atoms with Crippen LogP contribution in [0.1, 0.15) is 47.8 Å². The summed E-state index contributed by atoms with van der Waals surface area (Å²) in [6.45, 7) is 5.68.